The maximum atomic E-state index is 10.6. The minimum atomic E-state index is -0.400. The Hall–Kier alpha value is -1.75. The van der Waals surface area contributed by atoms with Gasteiger partial charge >= 0.3 is 0 Å². The second kappa shape index (κ2) is 3.78. The summed E-state index contributed by atoms with van der Waals surface area (Å²) < 4.78 is 0. The molecule has 0 unspecified atom stereocenters. The standard InChI is InChI=1S/C10H8N2O2S/c1-7-11-10(6-15-7)8-3-2-4-9(5-8)12(13)14/h2-6H,1H3. The van der Waals surface area contributed by atoms with Gasteiger partial charge in [0.05, 0.1) is 15.6 Å². The van der Waals surface area contributed by atoms with E-state index in [4.69, 9.17) is 0 Å². The fourth-order valence-corrected chi connectivity index (χ4v) is 1.90. The summed E-state index contributed by atoms with van der Waals surface area (Å²) in [6, 6.07) is 6.50. The van der Waals surface area contributed by atoms with Crippen molar-refractivity contribution in [3.63, 3.8) is 0 Å². The van der Waals surface area contributed by atoms with Gasteiger partial charge in [-0.2, -0.15) is 0 Å². The van der Waals surface area contributed by atoms with Crippen LogP contribution in [-0.4, -0.2) is 9.91 Å². The number of hydrogen-bond donors (Lipinski definition) is 0. The van der Waals surface area contributed by atoms with E-state index in [-0.39, 0.29) is 5.69 Å². The van der Waals surface area contributed by atoms with Crippen LogP contribution in [0.15, 0.2) is 29.6 Å². The lowest BCUT2D eigenvalue weighted by atomic mass is 10.1. The van der Waals surface area contributed by atoms with Crippen LogP contribution >= 0.6 is 11.3 Å². The van der Waals surface area contributed by atoms with Crippen LogP contribution in [0.25, 0.3) is 11.3 Å². The number of benzene rings is 1. The molecule has 0 aliphatic heterocycles. The number of nitro groups is 1. The highest BCUT2D eigenvalue weighted by Crippen LogP contribution is 2.24. The quantitative estimate of drug-likeness (QED) is 0.577. The van der Waals surface area contributed by atoms with Gasteiger partial charge in [-0.25, -0.2) is 4.98 Å². The Bertz CT molecular complexity index is 508. The Labute approximate surface area is 90.4 Å². The van der Waals surface area contributed by atoms with E-state index < -0.39 is 4.92 Å². The molecule has 0 fully saturated rings. The van der Waals surface area contributed by atoms with E-state index in [1.807, 2.05) is 18.4 Å². The van der Waals surface area contributed by atoms with Crippen molar-refractivity contribution >= 4 is 17.0 Å². The number of rotatable bonds is 2. The molecule has 0 bridgehead atoms. The second-order valence-corrected chi connectivity index (χ2v) is 4.12. The number of hydrogen-bond acceptors (Lipinski definition) is 4. The van der Waals surface area contributed by atoms with Crippen LogP contribution in [0, 0.1) is 17.0 Å². The van der Waals surface area contributed by atoms with Gasteiger partial charge in [0, 0.05) is 23.1 Å². The Morgan fingerprint density at radius 3 is 2.87 bits per heavy atom. The van der Waals surface area contributed by atoms with E-state index >= 15 is 0 Å². The van der Waals surface area contributed by atoms with Crippen molar-refractivity contribution in [3.8, 4) is 11.3 Å². The maximum absolute atomic E-state index is 10.6. The number of nitro benzene ring substituents is 1. The Morgan fingerprint density at radius 2 is 2.27 bits per heavy atom. The molecule has 15 heavy (non-hydrogen) atoms. The predicted octanol–water partition coefficient (Wildman–Crippen LogP) is 3.03. The van der Waals surface area contributed by atoms with Gasteiger partial charge in [-0.15, -0.1) is 11.3 Å². The minimum Gasteiger partial charge on any atom is -0.258 e. The van der Waals surface area contributed by atoms with Crippen LogP contribution < -0.4 is 0 Å². The molecular weight excluding hydrogens is 212 g/mol. The van der Waals surface area contributed by atoms with Crippen LogP contribution in [-0.2, 0) is 0 Å². The summed E-state index contributed by atoms with van der Waals surface area (Å²) in [4.78, 5) is 14.5. The first-order valence-electron chi connectivity index (χ1n) is 4.34. The maximum Gasteiger partial charge on any atom is 0.270 e. The molecule has 0 spiro atoms. The molecule has 2 aromatic rings. The van der Waals surface area contributed by atoms with Crippen molar-refractivity contribution in [2.24, 2.45) is 0 Å². The Balaban J connectivity index is 2.45. The third kappa shape index (κ3) is 2.02. The van der Waals surface area contributed by atoms with Crippen molar-refractivity contribution in [1.29, 1.82) is 0 Å². The molecule has 4 nitrogen and oxygen atoms in total. The van der Waals surface area contributed by atoms with Gasteiger partial charge in [-0.3, -0.25) is 10.1 Å². The van der Waals surface area contributed by atoms with Crippen molar-refractivity contribution in [1.82, 2.24) is 4.98 Å². The zero-order chi connectivity index (χ0) is 10.8. The van der Waals surface area contributed by atoms with Crippen molar-refractivity contribution in [2.45, 2.75) is 6.92 Å². The largest absolute Gasteiger partial charge is 0.270 e. The third-order valence-corrected chi connectivity index (χ3v) is 2.75. The SMILES string of the molecule is Cc1nc(-c2cccc([N+](=O)[O-])c2)cs1. The first-order valence-corrected chi connectivity index (χ1v) is 5.22. The van der Waals surface area contributed by atoms with E-state index in [1.165, 1.54) is 23.5 Å². The summed E-state index contributed by atoms with van der Waals surface area (Å²) in [5.74, 6) is 0. The average molecular weight is 220 g/mol. The molecule has 1 heterocycles. The highest BCUT2D eigenvalue weighted by molar-refractivity contribution is 7.09. The van der Waals surface area contributed by atoms with E-state index in [1.54, 1.807) is 6.07 Å². The van der Waals surface area contributed by atoms with Crippen LogP contribution in [0.1, 0.15) is 5.01 Å². The van der Waals surface area contributed by atoms with E-state index in [0.29, 0.717) is 0 Å². The highest BCUT2D eigenvalue weighted by atomic mass is 32.1. The summed E-state index contributed by atoms with van der Waals surface area (Å²) in [6.07, 6.45) is 0. The first kappa shape index (κ1) is 9.79. The molecule has 1 aromatic heterocycles. The zero-order valence-corrected chi connectivity index (χ0v) is 8.82. The van der Waals surface area contributed by atoms with Crippen molar-refractivity contribution in [2.75, 3.05) is 0 Å². The zero-order valence-electron chi connectivity index (χ0n) is 8.01. The van der Waals surface area contributed by atoms with Gasteiger partial charge in [0.15, 0.2) is 0 Å². The summed E-state index contributed by atoms with van der Waals surface area (Å²) in [6.45, 7) is 1.91. The molecule has 2 rings (SSSR count). The van der Waals surface area contributed by atoms with Crippen LogP contribution in [0.2, 0.25) is 0 Å². The number of non-ortho nitro benzene ring substituents is 1. The summed E-state index contributed by atoms with van der Waals surface area (Å²) in [5.41, 5.74) is 1.67. The molecule has 0 aliphatic carbocycles. The molecule has 0 radical (unpaired) electrons. The van der Waals surface area contributed by atoms with Crippen LogP contribution in [0.3, 0.4) is 0 Å². The molecule has 76 valence electrons. The summed E-state index contributed by atoms with van der Waals surface area (Å²) in [7, 11) is 0. The van der Waals surface area contributed by atoms with Gasteiger partial charge in [-0.1, -0.05) is 12.1 Å². The average Bonchev–Trinajstić information content (AvgIpc) is 2.65. The first-order chi connectivity index (χ1) is 7.16. The fraction of sp³-hybridized carbons (Fsp3) is 0.100. The number of aromatic nitrogens is 1. The lowest BCUT2D eigenvalue weighted by molar-refractivity contribution is -0.384. The molecule has 0 aliphatic rings. The number of thiazole rings is 1. The fourth-order valence-electron chi connectivity index (χ4n) is 1.27. The number of nitrogens with zero attached hydrogens (tertiary/aromatic N) is 2. The molecule has 0 saturated heterocycles. The Morgan fingerprint density at radius 1 is 1.47 bits per heavy atom. The molecule has 0 N–H and O–H groups in total. The molecule has 0 atom stereocenters. The van der Waals surface area contributed by atoms with E-state index in [2.05, 4.69) is 4.98 Å². The number of aryl methyl sites for hydroxylation is 1. The third-order valence-electron chi connectivity index (χ3n) is 1.97. The van der Waals surface area contributed by atoms with Gasteiger partial charge in [-0.05, 0) is 6.92 Å². The topological polar surface area (TPSA) is 56.0 Å². The summed E-state index contributed by atoms with van der Waals surface area (Å²) in [5, 5.41) is 13.4. The van der Waals surface area contributed by atoms with E-state index in [0.717, 1.165) is 16.3 Å². The highest BCUT2D eigenvalue weighted by Gasteiger charge is 2.08. The van der Waals surface area contributed by atoms with Crippen molar-refractivity contribution in [3.05, 3.63) is 44.8 Å². The van der Waals surface area contributed by atoms with Crippen LogP contribution in [0.5, 0.6) is 0 Å². The van der Waals surface area contributed by atoms with Gasteiger partial charge in [0.2, 0.25) is 0 Å². The second-order valence-electron chi connectivity index (χ2n) is 3.06. The Kier molecular flexibility index (Phi) is 2.47. The molecular formula is C10H8N2O2S. The van der Waals surface area contributed by atoms with Gasteiger partial charge < -0.3 is 0 Å². The molecule has 0 amide bonds. The van der Waals surface area contributed by atoms with Gasteiger partial charge in [0.25, 0.3) is 5.69 Å². The normalized spacial score (nSPS) is 10.2. The molecule has 0 saturated carbocycles. The lowest BCUT2D eigenvalue weighted by Gasteiger charge is -1.96. The monoisotopic (exact) mass is 220 g/mol. The lowest BCUT2D eigenvalue weighted by Crippen LogP contribution is -1.88. The predicted molar refractivity (Wildman–Crippen MR) is 58.9 cm³/mol. The smallest absolute Gasteiger partial charge is 0.258 e. The summed E-state index contributed by atoms with van der Waals surface area (Å²) >= 11 is 1.53. The van der Waals surface area contributed by atoms with Crippen molar-refractivity contribution < 1.29 is 4.92 Å². The van der Waals surface area contributed by atoms with E-state index in [9.17, 15) is 10.1 Å². The molecule has 5 heteroatoms. The van der Waals surface area contributed by atoms with Crippen LogP contribution in [0.4, 0.5) is 5.69 Å². The van der Waals surface area contributed by atoms with Gasteiger partial charge in [0.1, 0.15) is 0 Å². The molecule has 1 aromatic carbocycles. The minimum absolute atomic E-state index is 0.0955.